The molecule has 0 saturated carbocycles. The van der Waals surface area contributed by atoms with E-state index in [1.54, 1.807) is 6.07 Å². The van der Waals surface area contributed by atoms with E-state index in [0.717, 1.165) is 0 Å². The Morgan fingerprint density at radius 2 is 2.31 bits per heavy atom. The number of nitrogens with zero attached hydrogens (tertiary/aromatic N) is 2. The standard InChI is InChI=1S/C9H6BrFN4O/c10-5-1-2-6(11)7(3-5)14-9(16)8-12-4-13-15-8/h1-4H,(H,14,16)(H,12,13,15). The van der Waals surface area contributed by atoms with Crippen molar-refractivity contribution in [3.05, 3.63) is 40.6 Å². The van der Waals surface area contributed by atoms with Gasteiger partial charge in [0.1, 0.15) is 12.1 Å². The first-order chi connectivity index (χ1) is 7.66. The topological polar surface area (TPSA) is 70.7 Å². The van der Waals surface area contributed by atoms with Crippen LogP contribution in [-0.4, -0.2) is 21.1 Å². The van der Waals surface area contributed by atoms with Crippen LogP contribution in [0.2, 0.25) is 0 Å². The van der Waals surface area contributed by atoms with Crippen LogP contribution in [0.1, 0.15) is 10.6 Å². The number of amides is 1. The van der Waals surface area contributed by atoms with Crippen molar-refractivity contribution in [1.29, 1.82) is 0 Å². The molecule has 0 atom stereocenters. The van der Waals surface area contributed by atoms with Gasteiger partial charge in [0, 0.05) is 4.47 Å². The molecule has 1 amide bonds. The fourth-order valence-corrected chi connectivity index (χ4v) is 1.45. The van der Waals surface area contributed by atoms with Gasteiger partial charge in [0.2, 0.25) is 5.82 Å². The third-order valence-corrected chi connectivity index (χ3v) is 2.30. The number of halogens is 2. The summed E-state index contributed by atoms with van der Waals surface area (Å²) >= 11 is 3.18. The minimum absolute atomic E-state index is 0.0272. The lowest BCUT2D eigenvalue weighted by atomic mass is 10.3. The predicted molar refractivity (Wildman–Crippen MR) is 58.4 cm³/mol. The number of aromatic amines is 1. The molecule has 0 bridgehead atoms. The number of carbonyl (C=O) groups excluding carboxylic acids is 1. The van der Waals surface area contributed by atoms with Gasteiger partial charge in [-0.15, -0.1) is 0 Å². The molecule has 0 spiro atoms. The van der Waals surface area contributed by atoms with E-state index in [9.17, 15) is 9.18 Å². The van der Waals surface area contributed by atoms with Gasteiger partial charge in [-0.3, -0.25) is 9.89 Å². The maximum Gasteiger partial charge on any atom is 0.293 e. The van der Waals surface area contributed by atoms with Crippen LogP contribution in [0.5, 0.6) is 0 Å². The number of carbonyl (C=O) groups is 1. The summed E-state index contributed by atoms with van der Waals surface area (Å²) in [6.45, 7) is 0. The van der Waals surface area contributed by atoms with Gasteiger partial charge in [0.25, 0.3) is 5.91 Å². The Bertz CT molecular complexity index is 514. The Morgan fingerprint density at radius 1 is 1.50 bits per heavy atom. The first-order valence-electron chi connectivity index (χ1n) is 4.28. The predicted octanol–water partition coefficient (Wildman–Crippen LogP) is 1.96. The van der Waals surface area contributed by atoms with E-state index in [1.165, 1.54) is 18.5 Å². The van der Waals surface area contributed by atoms with E-state index < -0.39 is 11.7 Å². The average molecular weight is 285 g/mol. The van der Waals surface area contributed by atoms with Gasteiger partial charge in [-0.25, -0.2) is 9.37 Å². The number of rotatable bonds is 2. The summed E-state index contributed by atoms with van der Waals surface area (Å²) in [5, 5.41) is 8.28. The highest BCUT2D eigenvalue weighted by Gasteiger charge is 2.11. The van der Waals surface area contributed by atoms with E-state index >= 15 is 0 Å². The normalized spacial score (nSPS) is 10.1. The monoisotopic (exact) mass is 284 g/mol. The second-order valence-electron chi connectivity index (χ2n) is 2.91. The third kappa shape index (κ3) is 2.25. The Balaban J connectivity index is 2.21. The van der Waals surface area contributed by atoms with Crippen molar-refractivity contribution in [2.45, 2.75) is 0 Å². The van der Waals surface area contributed by atoms with Crippen molar-refractivity contribution < 1.29 is 9.18 Å². The zero-order chi connectivity index (χ0) is 11.5. The van der Waals surface area contributed by atoms with E-state index in [1.807, 2.05) is 0 Å². The van der Waals surface area contributed by atoms with Crippen LogP contribution < -0.4 is 5.32 Å². The molecule has 5 nitrogen and oxygen atoms in total. The quantitative estimate of drug-likeness (QED) is 0.886. The highest BCUT2D eigenvalue weighted by Crippen LogP contribution is 2.20. The van der Waals surface area contributed by atoms with Crippen molar-refractivity contribution in [2.75, 3.05) is 5.32 Å². The summed E-state index contributed by atoms with van der Waals surface area (Å²) in [6, 6.07) is 4.25. The molecule has 0 fully saturated rings. The van der Waals surface area contributed by atoms with Crippen LogP contribution in [-0.2, 0) is 0 Å². The van der Waals surface area contributed by atoms with E-state index in [0.29, 0.717) is 4.47 Å². The van der Waals surface area contributed by atoms with Crippen LogP contribution in [0.25, 0.3) is 0 Å². The Labute approximate surface area is 98.2 Å². The average Bonchev–Trinajstić information content (AvgIpc) is 2.76. The molecule has 0 radical (unpaired) electrons. The number of anilines is 1. The zero-order valence-corrected chi connectivity index (χ0v) is 9.45. The Kier molecular flexibility index (Phi) is 2.95. The largest absolute Gasteiger partial charge is 0.317 e. The zero-order valence-electron chi connectivity index (χ0n) is 7.87. The number of nitrogens with one attached hydrogen (secondary N) is 2. The summed E-state index contributed by atoms with van der Waals surface area (Å²) < 4.78 is 14.0. The van der Waals surface area contributed by atoms with E-state index in [2.05, 4.69) is 36.4 Å². The van der Waals surface area contributed by atoms with Crippen molar-refractivity contribution in [2.24, 2.45) is 0 Å². The molecule has 1 aromatic heterocycles. The first kappa shape index (κ1) is 10.7. The van der Waals surface area contributed by atoms with Crippen molar-refractivity contribution in [1.82, 2.24) is 15.2 Å². The van der Waals surface area contributed by atoms with Gasteiger partial charge in [-0.1, -0.05) is 15.9 Å². The smallest absolute Gasteiger partial charge is 0.293 e. The number of hydrogen-bond acceptors (Lipinski definition) is 3. The highest BCUT2D eigenvalue weighted by atomic mass is 79.9. The fraction of sp³-hybridized carbons (Fsp3) is 0. The molecular weight excluding hydrogens is 279 g/mol. The Morgan fingerprint density at radius 3 is 3.00 bits per heavy atom. The first-order valence-corrected chi connectivity index (χ1v) is 5.08. The van der Waals surface area contributed by atoms with Gasteiger partial charge in [0.15, 0.2) is 0 Å². The van der Waals surface area contributed by atoms with Crippen LogP contribution in [0.4, 0.5) is 10.1 Å². The molecule has 7 heteroatoms. The van der Waals surface area contributed by atoms with E-state index in [4.69, 9.17) is 0 Å². The number of H-pyrrole nitrogens is 1. The molecule has 0 aliphatic rings. The third-order valence-electron chi connectivity index (χ3n) is 1.81. The summed E-state index contributed by atoms with van der Waals surface area (Å²) in [6.07, 6.45) is 1.20. The van der Waals surface area contributed by atoms with Crippen LogP contribution >= 0.6 is 15.9 Å². The van der Waals surface area contributed by atoms with Crippen molar-refractivity contribution >= 4 is 27.5 Å². The lowest BCUT2D eigenvalue weighted by Gasteiger charge is -2.04. The summed E-state index contributed by atoms with van der Waals surface area (Å²) in [5.74, 6) is -1.04. The molecule has 82 valence electrons. The maximum absolute atomic E-state index is 13.3. The molecule has 2 N–H and O–H groups in total. The van der Waals surface area contributed by atoms with Gasteiger partial charge in [0.05, 0.1) is 5.69 Å². The SMILES string of the molecule is O=C(Nc1cc(Br)ccc1F)c1ncn[nH]1. The van der Waals surface area contributed by atoms with Crippen LogP contribution in [0, 0.1) is 5.82 Å². The Hall–Kier alpha value is -1.76. The van der Waals surface area contributed by atoms with Gasteiger partial charge in [-0.05, 0) is 18.2 Å². The summed E-state index contributed by atoms with van der Waals surface area (Å²) in [4.78, 5) is 15.2. The minimum atomic E-state index is -0.547. The van der Waals surface area contributed by atoms with Gasteiger partial charge < -0.3 is 5.32 Å². The number of hydrogen-bond donors (Lipinski definition) is 2. The van der Waals surface area contributed by atoms with E-state index in [-0.39, 0.29) is 11.5 Å². The van der Waals surface area contributed by atoms with Crippen molar-refractivity contribution in [3.8, 4) is 0 Å². The molecule has 0 unspecified atom stereocenters. The minimum Gasteiger partial charge on any atom is -0.317 e. The molecule has 1 aromatic carbocycles. The summed E-state index contributed by atoms with van der Waals surface area (Å²) in [7, 11) is 0. The van der Waals surface area contributed by atoms with Crippen LogP contribution in [0.15, 0.2) is 29.0 Å². The maximum atomic E-state index is 13.3. The molecule has 2 aromatic rings. The molecule has 2 rings (SSSR count). The molecule has 1 heterocycles. The highest BCUT2D eigenvalue weighted by molar-refractivity contribution is 9.10. The molecular formula is C9H6BrFN4O. The second-order valence-corrected chi connectivity index (χ2v) is 3.83. The lowest BCUT2D eigenvalue weighted by molar-refractivity contribution is 0.101. The molecule has 16 heavy (non-hydrogen) atoms. The molecule has 0 aliphatic heterocycles. The number of aromatic nitrogens is 3. The van der Waals surface area contributed by atoms with Crippen LogP contribution in [0.3, 0.4) is 0 Å². The van der Waals surface area contributed by atoms with Gasteiger partial charge >= 0.3 is 0 Å². The lowest BCUT2D eigenvalue weighted by Crippen LogP contribution is -2.14. The summed E-state index contributed by atoms with van der Waals surface area (Å²) in [5.41, 5.74) is 0.0794. The molecule has 0 saturated heterocycles. The number of benzene rings is 1. The second kappa shape index (κ2) is 4.40. The van der Waals surface area contributed by atoms with Crippen molar-refractivity contribution in [3.63, 3.8) is 0 Å². The molecule has 0 aliphatic carbocycles. The van der Waals surface area contributed by atoms with Gasteiger partial charge in [-0.2, -0.15) is 5.10 Å². The fourth-order valence-electron chi connectivity index (χ4n) is 1.09.